The molecule has 2 aromatic carbocycles. The molecule has 0 radical (unpaired) electrons. The van der Waals surface area contributed by atoms with E-state index in [4.69, 9.17) is 14.6 Å². The SMILES string of the molecule is COc1ccc(OC(=O)c2ccc(O)cc2)c(C)c1. The van der Waals surface area contributed by atoms with Gasteiger partial charge < -0.3 is 14.6 Å². The highest BCUT2D eigenvalue weighted by molar-refractivity contribution is 5.91. The molecule has 0 fully saturated rings. The Morgan fingerprint density at radius 3 is 2.37 bits per heavy atom. The van der Waals surface area contributed by atoms with E-state index in [0.717, 1.165) is 5.56 Å². The van der Waals surface area contributed by atoms with Crippen molar-refractivity contribution in [2.45, 2.75) is 6.92 Å². The number of benzene rings is 2. The Morgan fingerprint density at radius 1 is 1.11 bits per heavy atom. The van der Waals surface area contributed by atoms with E-state index < -0.39 is 5.97 Å². The predicted octanol–water partition coefficient (Wildman–Crippen LogP) is 2.93. The van der Waals surface area contributed by atoms with E-state index in [-0.39, 0.29) is 5.75 Å². The maximum Gasteiger partial charge on any atom is 0.343 e. The van der Waals surface area contributed by atoms with E-state index in [2.05, 4.69) is 0 Å². The zero-order valence-electron chi connectivity index (χ0n) is 10.7. The highest BCUT2D eigenvalue weighted by Gasteiger charge is 2.10. The molecule has 0 saturated carbocycles. The van der Waals surface area contributed by atoms with Crippen molar-refractivity contribution in [3.63, 3.8) is 0 Å². The minimum atomic E-state index is -0.465. The fraction of sp³-hybridized carbons (Fsp3) is 0.133. The summed E-state index contributed by atoms with van der Waals surface area (Å²) >= 11 is 0. The molecule has 0 saturated heterocycles. The van der Waals surface area contributed by atoms with Gasteiger partial charge in [-0.3, -0.25) is 0 Å². The average Bonchev–Trinajstić information content (AvgIpc) is 2.41. The Bertz CT molecular complexity index is 588. The number of phenolic OH excluding ortho intramolecular Hbond substituents is 1. The molecule has 0 aliphatic heterocycles. The second-order valence-electron chi connectivity index (χ2n) is 4.07. The van der Waals surface area contributed by atoms with Crippen LogP contribution in [0, 0.1) is 6.92 Å². The molecule has 0 bridgehead atoms. The van der Waals surface area contributed by atoms with Crippen molar-refractivity contribution in [3.05, 3.63) is 53.6 Å². The molecule has 0 unspecified atom stereocenters. The second-order valence-corrected chi connectivity index (χ2v) is 4.07. The van der Waals surface area contributed by atoms with E-state index in [1.165, 1.54) is 24.3 Å². The number of carbonyl (C=O) groups excluding carboxylic acids is 1. The van der Waals surface area contributed by atoms with Crippen molar-refractivity contribution in [2.75, 3.05) is 7.11 Å². The second kappa shape index (κ2) is 5.44. The van der Waals surface area contributed by atoms with Gasteiger partial charge in [-0.15, -0.1) is 0 Å². The largest absolute Gasteiger partial charge is 0.508 e. The maximum absolute atomic E-state index is 11.9. The summed E-state index contributed by atoms with van der Waals surface area (Å²) in [5, 5.41) is 9.16. The lowest BCUT2D eigenvalue weighted by Gasteiger charge is -2.09. The molecule has 0 amide bonds. The molecule has 98 valence electrons. The predicted molar refractivity (Wildman–Crippen MR) is 70.8 cm³/mol. The van der Waals surface area contributed by atoms with Crippen LogP contribution in [0.2, 0.25) is 0 Å². The van der Waals surface area contributed by atoms with Gasteiger partial charge in [-0.25, -0.2) is 4.79 Å². The number of methoxy groups -OCH3 is 1. The van der Waals surface area contributed by atoms with Gasteiger partial charge in [0, 0.05) is 0 Å². The van der Waals surface area contributed by atoms with Crippen molar-refractivity contribution < 1.29 is 19.4 Å². The van der Waals surface area contributed by atoms with Gasteiger partial charge in [0.05, 0.1) is 12.7 Å². The van der Waals surface area contributed by atoms with Crippen molar-refractivity contribution in [1.82, 2.24) is 0 Å². The number of phenols is 1. The van der Waals surface area contributed by atoms with Crippen LogP contribution < -0.4 is 9.47 Å². The molecule has 1 N–H and O–H groups in total. The molecule has 4 heteroatoms. The number of carbonyl (C=O) groups is 1. The molecular weight excluding hydrogens is 244 g/mol. The summed E-state index contributed by atoms with van der Waals surface area (Å²) in [6.45, 7) is 1.84. The van der Waals surface area contributed by atoms with Crippen LogP contribution in [-0.4, -0.2) is 18.2 Å². The van der Waals surface area contributed by atoms with Gasteiger partial charge in [0.1, 0.15) is 17.2 Å². The Kier molecular flexibility index (Phi) is 3.71. The van der Waals surface area contributed by atoms with E-state index >= 15 is 0 Å². The summed E-state index contributed by atoms with van der Waals surface area (Å²) in [7, 11) is 1.58. The van der Waals surface area contributed by atoms with Crippen LogP contribution in [0.3, 0.4) is 0 Å². The van der Waals surface area contributed by atoms with Gasteiger partial charge in [0.25, 0.3) is 0 Å². The molecule has 0 aliphatic rings. The van der Waals surface area contributed by atoms with Crippen molar-refractivity contribution >= 4 is 5.97 Å². The van der Waals surface area contributed by atoms with Gasteiger partial charge in [-0.1, -0.05) is 0 Å². The lowest BCUT2D eigenvalue weighted by atomic mass is 10.2. The third-order valence-electron chi connectivity index (χ3n) is 2.69. The normalized spacial score (nSPS) is 10.0. The Balaban J connectivity index is 2.17. The Labute approximate surface area is 111 Å². The quantitative estimate of drug-likeness (QED) is 0.679. The summed E-state index contributed by atoms with van der Waals surface area (Å²) in [6, 6.07) is 11.1. The molecule has 2 rings (SSSR count). The summed E-state index contributed by atoms with van der Waals surface area (Å²) in [5.41, 5.74) is 1.19. The van der Waals surface area contributed by atoms with Gasteiger partial charge in [0.2, 0.25) is 0 Å². The maximum atomic E-state index is 11.9. The first-order valence-electron chi connectivity index (χ1n) is 5.76. The molecule has 19 heavy (non-hydrogen) atoms. The Hall–Kier alpha value is -2.49. The number of esters is 1. The molecule has 0 atom stereocenters. The molecule has 4 nitrogen and oxygen atoms in total. The van der Waals surface area contributed by atoms with Crippen LogP contribution in [0.5, 0.6) is 17.2 Å². The van der Waals surface area contributed by atoms with E-state index in [9.17, 15) is 4.79 Å². The number of hydrogen-bond acceptors (Lipinski definition) is 4. The monoisotopic (exact) mass is 258 g/mol. The average molecular weight is 258 g/mol. The summed E-state index contributed by atoms with van der Waals surface area (Å²) in [4.78, 5) is 11.9. The van der Waals surface area contributed by atoms with E-state index in [1.807, 2.05) is 6.92 Å². The van der Waals surface area contributed by atoms with Crippen LogP contribution in [0.4, 0.5) is 0 Å². The van der Waals surface area contributed by atoms with Crippen LogP contribution in [0.15, 0.2) is 42.5 Å². The van der Waals surface area contributed by atoms with Crippen LogP contribution in [0.25, 0.3) is 0 Å². The third-order valence-corrected chi connectivity index (χ3v) is 2.69. The molecule has 0 heterocycles. The number of ether oxygens (including phenoxy) is 2. The zero-order valence-corrected chi connectivity index (χ0v) is 10.7. The summed E-state index contributed by atoms with van der Waals surface area (Å²) in [5.74, 6) is 0.839. The molecular formula is C15H14O4. The lowest BCUT2D eigenvalue weighted by Crippen LogP contribution is -2.09. The molecule has 2 aromatic rings. The fourth-order valence-electron chi connectivity index (χ4n) is 1.62. The van der Waals surface area contributed by atoms with Gasteiger partial charge in [-0.05, 0) is 55.0 Å². The van der Waals surface area contributed by atoms with Crippen LogP contribution >= 0.6 is 0 Å². The number of aryl methyl sites for hydroxylation is 1. The molecule has 0 aliphatic carbocycles. The first-order valence-corrected chi connectivity index (χ1v) is 5.76. The van der Waals surface area contributed by atoms with E-state index in [0.29, 0.717) is 17.1 Å². The summed E-state index contributed by atoms with van der Waals surface area (Å²) in [6.07, 6.45) is 0. The first kappa shape index (κ1) is 13.0. The Morgan fingerprint density at radius 2 is 1.79 bits per heavy atom. The van der Waals surface area contributed by atoms with E-state index in [1.54, 1.807) is 25.3 Å². The van der Waals surface area contributed by atoms with Gasteiger partial charge >= 0.3 is 5.97 Å². The standard InChI is InChI=1S/C15H14O4/c1-10-9-13(18-2)7-8-14(10)19-15(17)11-3-5-12(16)6-4-11/h3-9,16H,1-2H3. The smallest absolute Gasteiger partial charge is 0.343 e. The fourth-order valence-corrected chi connectivity index (χ4v) is 1.62. The number of aromatic hydroxyl groups is 1. The first-order chi connectivity index (χ1) is 9.10. The highest BCUT2D eigenvalue weighted by Crippen LogP contribution is 2.24. The topological polar surface area (TPSA) is 55.8 Å². The minimum absolute atomic E-state index is 0.108. The van der Waals surface area contributed by atoms with Crippen molar-refractivity contribution in [2.24, 2.45) is 0 Å². The number of rotatable bonds is 3. The van der Waals surface area contributed by atoms with Crippen molar-refractivity contribution in [3.8, 4) is 17.2 Å². The van der Waals surface area contributed by atoms with Gasteiger partial charge in [0.15, 0.2) is 0 Å². The number of hydrogen-bond donors (Lipinski definition) is 1. The molecule has 0 spiro atoms. The lowest BCUT2D eigenvalue weighted by molar-refractivity contribution is 0.0733. The van der Waals surface area contributed by atoms with Crippen LogP contribution in [0.1, 0.15) is 15.9 Å². The molecule has 0 aromatic heterocycles. The third kappa shape index (κ3) is 3.04. The summed E-state index contributed by atoms with van der Waals surface area (Å²) < 4.78 is 10.4. The minimum Gasteiger partial charge on any atom is -0.508 e. The van der Waals surface area contributed by atoms with Crippen molar-refractivity contribution in [1.29, 1.82) is 0 Å². The zero-order chi connectivity index (χ0) is 13.8. The highest BCUT2D eigenvalue weighted by atomic mass is 16.5. The van der Waals surface area contributed by atoms with Gasteiger partial charge in [-0.2, -0.15) is 0 Å². The van der Waals surface area contributed by atoms with Crippen LogP contribution in [-0.2, 0) is 0 Å².